The van der Waals surface area contributed by atoms with Crippen LogP contribution in [0.4, 0.5) is 19.4 Å². The van der Waals surface area contributed by atoms with E-state index in [2.05, 4.69) is 20.1 Å². The lowest BCUT2D eigenvalue weighted by Crippen LogP contribution is -2.40. The van der Waals surface area contributed by atoms with Crippen LogP contribution in [0.15, 0.2) is 0 Å². The van der Waals surface area contributed by atoms with Gasteiger partial charge in [0.2, 0.25) is 3.41 Å². The summed E-state index contributed by atoms with van der Waals surface area (Å²) in [5.41, 5.74) is 0. The topological polar surface area (TPSA) is 26.3 Å². The molecule has 0 aromatic carbocycles. The second kappa shape index (κ2) is 8.51. The fourth-order valence-corrected chi connectivity index (χ4v) is 3.43. The lowest BCUT2D eigenvalue weighted by atomic mass is 10.3. The molecule has 0 aromatic heterocycles. The van der Waals surface area contributed by atoms with Crippen molar-refractivity contribution < 1.29 is 28.1 Å². The molecule has 13 heteroatoms. The zero-order chi connectivity index (χ0) is 13.5. The lowest BCUT2D eigenvalue weighted by molar-refractivity contribution is -0.132. The zero-order valence-electron chi connectivity index (χ0n) is 7.33. The summed E-state index contributed by atoms with van der Waals surface area (Å²) in [6.45, 7) is 0. The van der Waals surface area contributed by atoms with Gasteiger partial charge in [-0.15, -0.1) is 0 Å². The van der Waals surface area contributed by atoms with Gasteiger partial charge in [-0.25, -0.2) is 0 Å². The first-order chi connectivity index (χ1) is 8.01. The summed E-state index contributed by atoms with van der Waals surface area (Å²) in [6.07, 6.45) is -1.09. The first-order valence-corrected chi connectivity index (χ1v) is 7.54. The summed E-state index contributed by atoms with van der Waals surface area (Å²) in [5, 5.41) is 0. The van der Waals surface area contributed by atoms with Crippen molar-refractivity contribution in [1.29, 1.82) is 0 Å². The van der Waals surface area contributed by atoms with E-state index in [1.165, 1.54) is 0 Å². The smallest absolute Gasteiger partial charge is 0.319 e. The Labute approximate surface area is 124 Å². The maximum Gasteiger partial charge on any atom is 0.319 e. The third-order valence-corrected chi connectivity index (χ3v) is 7.19. The van der Waals surface area contributed by atoms with E-state index in [4.69, 9.17) is 0 Å². The molecule has 0 saturated heterocycles. The van der Waals surface area contributed by atoms with Gasteiger partial charge in [0.25, 0.3) is 0 Å². The third kappa shape index (κ3) is 3.91. The molecule has 0 aromatic rings. The SMILES string of the molecule is O=C(CC(SF)(SF)C(SF)(SF)SF)OBr. The number of hydrogen-bond acceptors (Lipinski definition) is 7. The van der Waals surface area contributed by atoms with Gasteiger partial charge in [-0.1, -0.05) is 0 Å². The minimum Gasteiger partial charge on any atom is -0.383 e. The maximum absolute atomic E-state index is 12.8. The Hall–Kier alpha value is 1.35. The molecule has 0 N–H and O–H groups in total. The highest BCUT2D eigenvalue weighted by Gasteiger charge is 2.62. The average Bonchev–Trinajstić information content (AvgIpc) is 2.39. The Morgan fingerprint density at radius 1 is 1.00 bits per heavy atom. The highest BCUT2D eigenvalue weighted by Crippen LogP contribution is 2.66. The van der Waals surface area contributed by atoms with Gasteiger partial charge in [-0.05, 0) is 0 Å². The molecule has 0 rings (SSSR count). The Morgan fingerprint density at radius 3 is 1.65 bits per heavy atom. The van der Waals surface area contributed by atoms with Crippen molar-refractivity contribution in [2.75, 3.05) is 0 Å². The number of rotatable bonds is 8. The molecule has 17 heavy (non-hydrogen) atoms. The Bertz CT molecular complexity index is 244. The van der Waals surface area contributed by atoms with E-state index in [0.717, 1.165) is 0 Å². The third-order valence-electron chi connectivity index (χ3n) is 1.48. The molecule has 102 valence electrons. The van der Waals surface area contributed by atoms with Gasteiger partial charge in [0, 0.05) is 0 Å². The number of hydrogen-bond donors (Lipinski definition) is 0. The molecule has 0 aliphatic rings. The van der Waals surface area contributed by atoms with Crippen LogP contribution >= 0.6 is 77.0 Å². The van der Waals surface area contributed by atoms with E-state index in [1.54, 1.807) is 0 Å². The summed E-state index contributed by atoms with van der Waals surface area (Å²) >= 11 is -2.33. The highest BCUT2D eigenvalue weighted by molar-refractivity contribution is 9.06. The number of carbonyl (C=O) groups is 1. The van der Waals surface area contributed by atoms with Gasteiger partial charge in [0.15, 0.2) is 20.3 Å². The van der Waals surface area contributed by atoms with Crippen LogP contribution in [-0.2, 0) is 8.62 Å². The largest absolute Gasteiger partial charge is 0.383 e. The van der Waals surface area contributed by atoms with Crippen LogP contribution in [0.2, 0.25) is 0 Å². The summed E-state index contributed by atoms with van der Waals surface area (Å²) in [6, 6.07) is 0. The van der Waals surface area contributed by atoms with Gasteiger partial charge < -0.3 is 3.83 Å². The van der Waals surface area contributed by atoms with Gasteiger partial charge in [-0.2, -0.15) is 19.4 Å². The first-order valence-electron chi connectivity index (χ1n) is 3.31. The quantitative estimate of drug-likeness (QED) is 0.371. The van der Waals surface area contributed by atoms with Gasteiger partial charge in [0.05, 0.1) is 67.2 Å². The molecule has 0 fully saturated rings. The van der Waals surface area contributed by atoms with Crippen LogP contribution in [0.3, 0.4) is 0 Å². The van der Waals surface area contributed by atoms with Crippen molar-refractivity contribution in [3.05, 3.63) is 0 Å². The van der Waals surface area contributed by atoms with Gasteiger partial charge in [-0.3, -0.25) is 4.79 Å². The van der Waals surface area contributed by atoms with E-state index in [1.807, 2.05) is 0 Å². The maximum atomic E-state index is 12.8. The normalized spacial score (nSPS) is 12.6. The van der Waals surface area contributed by atoms with Crippen molar-refractivity contribution in [1.82, 2.24) is 0 Å². The molecule has 0 spiro atoms. The predicted octanol–water partition coefficient (Wildman–Crippen LogP) is 5.67. The first kappa shape index (κ1) is 18.4. The summed E-state index contributed by atoms with van der Waals surface area (Å²) < 4.78 is 61.8. The van der Waals surface area contributed by atoms with Crippen molar-refractivity contribution in [3.63, 3.8) is 0 Å². The minimum atomic E-state index is -2.83. The Morgan fingerprint density at radius 2 is 1.41 bits per heavy atom. The van der Waals surface area contributed by atoms with Crippen LogP contribution in [-0.4, -0.2) is 13.5 Å². The van der Waals surface area contributed by atoms with Crippen molar-refractivity contribution >= 4 is 83.0 Å². The number of halogens is 6. The molecule has 2 nitrogen and oxygen atoms in total. The second-order valence-corrected chi connectivity index (χ2v) is 7.68. The van der Waals surface area contributed by atoms with E-state index in [9.17, 15) is 24.2 Å². The van der Waals surface area contributed by atoms with Crippen LogP contribution in [0.5, 0.6) is 0 Å². The van der Waals surface area contributed by atoms with Crippen molar-refractivity contribution in [2.45, 2.75) is 13.9 Å². The average molecular weight is 417 g/mol. The van der Waals surface area contributed by atoms with Gasteiger partial charge in [0.1, 0.15) is 0 Å². The van der Waals surface area contributed by atoms with Crippen LogP contribution in [0.1, 0.15) is 6.42 Å². The molecular weight excluding hydrogens is 415 g/mol. The predicted molar refractivity (Wildman–Crippen MR) is 68.6 cm³/mol. The molecule has 0 radical (unpaired) electrons. The van der Waals surface area contributed by atoms with Crippen LogP contribution in [0.25, 0.3) is 0 Å². The highest BCUT2D eigenvalue weighted by atomic mass is 79.9. The molecule has 0 heterocycles. The van der Waals surface area contributed by atoms with Crippen LogP contribution in [0, 0.1) is 0 Å². The fraction of sp³-hybridized carbons (Fsp3) is 0.750. The standard InChI is InChI=1S/C4H2BrF5O2S5/c5-12-2(11)1-3(13-6,14-7)4(15-8,16-9)17-10/h1H2. The van der Waals surface area contributed by atoms with Crippen molar-refractivity contribution in [3.8, 4) is 0 Å². The molecule has 0 aliphatic carbocycles. The number of carbonyl (C=O) groups excluding carboxylic acids is 1. The molecule has 0 aliphatic heterocycles. The minimum absolute atomic E-state index is 0.874. The fourth-order valence-electron chi connectivity index (χ4n) is 0.699. The van der Waals surface area contributed by atoms with Crippen molar-refractivity contribution in [2.24, 2.45) is 0 Å². The Balaban J connectivity index is 5.34. The molecule has 0 atom stereocenters. The van der Waals surface area contributed by atoms with E-state index >= 15 is 0 Å². The molecule has 0 bridgehead atoms. The second-order valence-electron chi connectivity index (χ2n) is 2.32. The van der Waals surface area contributed by atoms with Gasteiger partial charge >= 0.3 is 5.97 Å². The van der Waals surface area contributed by atoms with E-state index in [-0.39, 0.29) is 0 Å². The monoisotopic (exact) mass is 416 g/mol. The zero-order valence-corrected chi connectivity index (χ0v) is 13.0. The van der Waals surface area contributed by atoms with E-state index < -0.39 is 80.6 Å². The summed E-state index contributed by atoms with van der Waals surface area (Å²) in [7, 11) is 0. The molecule has 0 unspecified atom stereocenters. The summed E-state index contributed by atoms with van der Waals surface area (Å²) in [5.74, 6) is -1.21. The lowest BCUT2D eigenvalue weighted by Gasteiger charge is -2.34. The Kier molecular flexibility index (Phi) is 9.18. The summed E-state index contributed by atoms with van der Waals surface area (Å²) in [4.78, 5) is 10.9. The molecular formula is C4H2BrF5O2S5. The molecule has 0 amide bonds. The van der Waals surface area contributed by atoms with Crippen LogP contribution < -0.4 is 0 Å². The molecule has 0 saturated carbocycles. The van der Waals surface area contributed by atoms with E-state index in [0.29, 0.717) is 0 Å².